The van der Waals surface area contributed by atoms with Crippen LogP contribution in [0.15, 0.2) is 48.5 Å². The molecule has 2 aromatic carbocycles. The highest BCUT2D eigenvalue weighted by Crippen LogP contribution is 2.26. The molecule has 166 valence electrons. The summed E-state index contributed by atoms with van der Waals surface area (Å²) in [6.45, 7) is 4.24. The number of aryl methyl sites for hydroxylation is 1. The molecule has 0 saturated heterocycles. The van der Waals surface area contributed by atoms with Crippen LogP contribution in [0.5, 0.6) is 0 Å². The molecule has 33 heavy (non-hydrogen) atoms. The number of urea groups is 1. The number of nitrogens with one attached hydrogen (secondary N) is 4. The number of carbonyl (C=O) groups is 1. The van der Waals surface area contributed by atoms with Crippen molar-refractivity contribution in [3.63, 3.8) is 0 Å². The summed E-state index contributed by atoms with van der Waals surface area (Å²) < 4.78 is 1.79. The summed E-state index contributed by atoms with van der Waals surface area (Å²) in [5.74, 6) is 1.69. The van der Waals surface area contributed by atoms with Crippen LogP contribution >= 0.6 is 0 Å². The predicted molar refractivity (Wildman–Crippen MR) is 126 cm³/mol. The lowest BCUT2D eigenvalue weighted by molar-refractivity contribution is 0.252. The summed E-state index contributed by atoms with van der Waals surface area (Å²) >= 11 is 0. The lowest BCUT2D eigenvalue weighted by Gasteiger charge is -2.12. The van der Waals surface area contributed by atoms with Crippen LogP contribution < -0.4 is 21.3 Å². The molecule has 0 unspecified atom stereocenters. The van der Waals surface area contributed by atoms with Crippen LogP contribution in [0.1, 0.15) is 12.7 Å². The van der Waals surface area contributed by atoms with Gasteiger partial charge in [0.25, 0.3) is 0 Å². The van der Waals surface area contributed by atoms with E-state index in [0.717, 1.165) is 16.7 Å². The summed E-state index contributed by atoms with van der Waals surface area (Å²) in [5, 5.41) is 20.5. The van der Waals surface area contributed by atoms with E-state index in [1.54, 1.807) is 23.6 Å². The average Bonchev–Trinajstić information content (AvgIpc) is 3.16. The van der Waals surface area contributed by atoms with Gasteiger partial charge in [-0.2, -0.15) is 20.2 Å². The maximum absolute atomic E-state index is 11.7. The van der Waals surface area contributed by atoms with Crippen LogP contribution in [-0.4, -0.2) is 43.6 Å². The van der Waals surface area contributed by atoms with E-state index in [1.807, 2.05) is 49.4 Å². The van der Waals surface area contributed by atoms with Gasteiger partial charge < -0.3 is 21.3 Å². The first kappa shape index (κ1) is 21.5. The Balaban J connectivity index is 1.69. The lowest BCUT2D eigenvalue weighted by Crippen LogP contribution is -2.28. The molecule has 0 atom stereocenters. The second-order valence-electron chi connectivity index (χ2n) is 6.96. The van der Waals surface area contributed by atoms with Gasteiger partial charge in [-0.25, -0.2) is 14.3 Å². The third-order valence-electron chi connectivity index (χ3n) is 4.56. The third-order valence-corrected chi connectivity index (χ3v) is 4.56. The Morgan fingerprint density at radius 2 is 1.79 bits per heavy atom. The number of nitrogens with zero attached hydrogens (tertiary/aromatic N) is 6. The number of benzene rings is 2. The first-order valence-electron chi connectivity index (χ1n) is 10.3. The molecule has 0 radical (unpaired) electrons. The normalized spacial score (nSPS) is 10.5. The first-order chi connectivity index (χ1) is 16.1. The minimum absolute atomic E-state index is 0.0787. The number of anilines is 4. The third kappa shape index (κ3) is 4.96. The Bertz CT molecular complexity index is 1320. The molecular weight excluding hydrogens is 420 g/mol. The SMILES string of the molecule is CCNC(=O)Nc1ccc(Nc2nc3ccccc3n2-c2nc(C)nc(NCC#N)n2)cc1. The van der Waals surface area contributed by atoms with E-state index in [-0.39, 0.29) is 12.6 Å². The number of amides is 2. The van der Waals surface area contributed by atoms with Crippen LogP contribution in [0.3, 0.4) is 0 Å². The fourth-order valence-electron chi connectivity index (χ4n) is 3.18. The number of carbonyl (C=O) groups excluding carboxylic acids is 1. The zero-order valence-electron chi connectivity index (χ0n) is 18.1. The van der Waals surface area contributed by atoms with Gasteiger partial charge >= 0.3 is 6.03 Å². The van der Waals surface area contributed by atoms with Crippen molar-refractivity contribution in [3.05, 3.63) is 54.4 Å². The largest absolute Gasteiger partial charge is 0.341 e. The Labute approximate surface area is 189 Å². The number of nitriles is 1. The van der Waals surface area contributed by atoms with Crippen molar-refractivity contribution in [2.45, 2.75) is 13.8 Å². The molecule has 4 N–H and O–H groups in total. The zero-order valence-corrected chi connectivity index (χ0v) is 18.1. The van der Waals surface area contributed by atoms with Crippen molar-refractivity contribution in [1.29, 1.82) is 5.26 Å². The van der Waals surface area contributed by atoms with Gasteiger partial charge in [0.2, 0.25) is 17.8 Å². The lowest BCUT2D eigenvalue weighted by atomic mass is 10.3. The van der Waals surface area contributed by atoms with Gasteiger partial charge in [0.15, 0.2) is 0 Å². The van der Waals surface area contributed by atoms with Crippen LogP contribution in [0.2, 0.25) is 0 Å². The van der Waals surface area contributed by atoms with Crippen molar-refractivity contribution in [3.8, 4) is 12.0 Å². The minimum atomic E-state index is -0.258. The van der Waals surface area contributed by atoms with E-state index in [2.05, 4.69) is 36.2 Å². The van der Waals surface area contributed by atoms with Crippen LogP contribution in [-0.2, 0) is 0 Å². The molecule has 0 fully saturated rings. The fraction of sp³-hybridized carbons (Fsp3) is 0.182. The Hall–Kier alpha value is -4.72. The molecule has 0 bridgehead atoms. The van der Waals surface area contributed by atoms with Crippen molar-refractivity contribution in [1.82, 2.24) is 29.8 Å². The summed E-state index contributed by atoms with van der Waals surface area (Å²) in [6.07, 6.45) is 0. The number of aromatic nitrogens is 5. The number of hydrogen-bond acceptors (Lipinski definition) is 8. The molecule has 0 saturated carbocycles. The Kier molecular flexibility index (Phi) is 6.26. The van der Waals surface area contributed by atoms with Crippen molar-refractivity contribution in [2.24, 2.45) is 0 Å². The van der Waals surface area contributed by atoms with Crippen LogP contribution in [0.4, 0.5) is 28.1 Å². The summed E-state index contributed by atoms with van der Waals surface area (Å²) in [6, 6.07) is 16.7. The Morgan fingerprint density at radius 3 is 2.55 bits per heavy atom. The number of imidazole rings is 1. The highest BCUT2D eigenvalue weighted by atomic mass is 16.2. The molecule has 0 aliphatic heterocycles. The van der Waals surface area contributed by atoms with Crippen molar-refractivity contribution in [2.75, 3.05) is 29.0 Å². The molecule has 0 aliphatic carbocycles. The topological polar surface area (TPSA) is 145 Å². The molecule has 11 nitrogen and oxygen atoms in total. The standard InChI is InChI=1S/C22H22N10O/c1-3-24-22(33)29-16-10-8-15(9-11-16)28-21-30-17-6-4-5-7-18(17)32(21)20-27-14(2)26-19(31-20)25-13-12-23/h4-11H,3,13H2,1-2H3,(H,28,30)(H2,24,29,33)(H,25,26,27,31). The highest BCUT2D eigenvalue weighted by molar-refractivity contribution is 5.89. The smallest absolute Gasteiger partial charge is 0.319 e. The maximum Gasteiger partial charge on any atom is 0.319 e. The predicted octanol–water partition coefficient (Wildman–Crippen LogP) is 3.34. The van der Waals surface area contributed by atoms with E-state index >= 15 is 0 Å². The molecule has 4 aromatic rings. The van der Waals surface area contributed by atoms with Crippen molar-refractivity contribution < 1.29 is 4.79 Å². The monoisotopic (exact) mass is 442 g/mol. The molecule has 2 heterocycles. The molecular formula is C22H22N10O. The minimum Gasteiger partial charge on any atom is -0.341 e. The molecule has 2 aromatic heterocycles. The molecule has 4 rings (SSSR count). The maximum atomic E-state index is 11.7. The van der Waals surface area contributed by atoms with Gasteiger partial charge in [-0.1, -0.05) is 12.1 Å². The average molecular weight is 442 g/mol. The van der Waals surface area contributed by atoms with Gasteiger partial charge in [-0.3, -0.25) is 0 Å². The Morgan fingerprint density at radius 1 is 1.03 bits per heavy atom. The van der Waals surface area contributed by atoms with E-state index in [4.69, 9.17) is 10.2 Å². The fourth-order valence-corrected chi connectivity index (χ4v) is 3.18. The number of rotatable bonds is 7. The van der Waals surface area contributed by atoms with Gasteiger partial charge in [0.05, 0.1) is 17.1 Å². The van der Waals surface area contributed by atoms with Gasteiger partial charge in [-0.05, 0) is 50.2 Å². The van der Waals surface area contributed by atoms with Gasteiger partial charge in [-0.15, -0.1) is 0 Å². The van der Waals surface area contributed by atoms with Gasteiger partial charge in [0, 0.05) is 17.9 Å². The van der Waals surface area contributed by atoms with E-state index < -0.39 is 0 Å². The number of fused-ring (bicyclic) bond motifs is 1. The number of hydrogen-bond donors (Lipinski definition) is 4. The molecule has 2 amide bonds. The van der Waals surface area contributed by atoms with Crippen molar-refractivity contribution >= 4 is 40.3 Å². The number of para-hydroxylation sites is 2. The molecule has 0 aliphatic rings. The van der Waals surface area contributed by atoms with Crippen LogP contribution in [0, 0.1) is 18.3 Å². The molecule has 0 spiro atoms. The zero-order chi connectivity index (χ0) is 23.2. The van der Waals surface area contributed by atoms with Crippen LogP contribution in [0.25, 0.3) is 17.0 Å². The second-order valence-corrected chi connectivity index (χ2v) is 6.96. The quantitative estimate of drug-likeness (QED) is 0.319. The van der Waals surface area contributed by atoms with Gasteiger partial charge in [0.1, 0.15) is 12.4 Å². The summed E-state index contributed by atoms with van der Waals surface area (Å²) in [7, 11) is 0. The second kappa shape index (κ2) is 9.61. The van der Waals surface area contributed by atoms with E-state index in [1.165, 1.54) is 0 Å². The first-order valence-corrected chi connectivity index (χ1v) is 10.3. The summed E-state index contributed by atoms with van der Waals surface area (Å²) in [5.41, 5.74) is 3.01. The van der Waals surface area contributed by atoms with E-state index in [0.29, 0.717) is 35.9 Å². The molecule has 11 heteroatoms. The summed E-state index contributed by atoms with van der Waals surface area (Å²) in [4.78, 5) is 29.6. The van der Waals surface area contributed by atoms with E-state index in [9.17, 15) is 4.79 Å². The highest BCUT2D eigenvalue weighted by Gasteiger charge is 2.16.